The number of carbonyl (C=O) groups excluding carboxylic acids is 4. The first kappa shape index (κ1) is 32.4. The SMILES string of the molecule is CSCCC(NC(=O)C(Cc1ccccc1)NC(=O)C(CCC(N)=O)NC(=O)C(N)CCC(=O)O)C(=O)O. The molecule has 4 unspecified atom stereocenters. The molecule has 4 atom stereocenters. The highest BCUT2D eigenvalue weighted by molar-refractivity contribution is 7.98. The van der Waals surface area contributed by atoms with Gasteiger partial charge in [-0.3, -0.25) is 24.0 Å². The van der Waals surface area contributed by atoms with Crippen LogP contribution in [0.5, 0.6) is 0 Å². The van der Waals surface area contributed by atoms with Crippen molar-refractivity contribution >= 4 is 47.3 Å². The summed E-state index contributed by atoms with van der Waals surface area (Å²) in [7, 11) is 0. The molecular weight excluding hydrogens is 518 g/mol. The van der Waals surface area contributed by atoms with Gasteiger partial charge in [0, 0.05) is 19.3 Å². The van der Waals surface area contributed by atoms with E-state index in [-0.39, 0.29) is 38.5 Å². The molecule has 1 aromatic rings. The van der Waals surface area contributed by atoms with Gasteiger partial charge in [-0.2, -0.15) is 11.8 Å². The second kappa shape index (κ2) is 17.0. The number of carboxylic acids is 2. The first-order chi connectivity index (χ1) is 17.9. The van der Waals surface area contributed by atoms with Gasteiger partial charge in [0.2, 0.25) is 23.6 Å². The van der Waals surface area contributed by atoms with Crippen LogP contribution in [-0.4, -0.2) is 82.0 Å². The lowest BCUT2D eigenvalue weighted by atomic mass is 10.0. The van der Waals surface area contributed by atoms with Crippen LogP contribution in [0, 0.1) is 0 Å². The first-order valence-corrected chi connectivity index (χ1v) is 13.3. The highest BCUT2D eigenvalue weighted by Gasteiger charge is 2.30. The molecule has 0 spiro atoms. The molecule has 13 nitrogen and oxygen atoms in total. The maximum atomic E-state index is 13.2. The second-order valence-electron chi connectivity index (χ2n) is 8.54. The molecule has 1 rings (SSSR count). The van der Waals surface area contributed by atoms with E-state index in [0.717, 1.165) is 0 Å². The van der Waals surface area contributed by atoms with Crippen molar-refractivity contribution in [3.8, 4) is 0 Å². The fourth-order valence-corrected chi connectivity index (χ4v) is 3.81. The van der Waals surface area contributed by atoms with Gasteiger partial charge in [-0.15, -0.1) is 0 Å². The van der Waals surface area contributed by atoms with Crippen molar-refractivity contribution < 1.29 is 39.0 Å². The van der Waals surface area contributed by atoms with Crippen LogP contribution in [0.4, 0.5) is 0 Å². The van der Waals surface area contributed by atoms with Crippen molar-refractivity contribution in [2.24, 2.45) is 11.5 Å². The van der Waals surface area contributed by atoms with E-state index >= 15 is 0 Å². The van der Waals surface area contributed by atoms with E-state index < -0.39 is 59.7 Å². The molecule has 0 aromatic heterocycles. The Hall–Kier alpha value is -3.65. The van der Waals surface area contributed by atoms with E-state index in [1.54, 1.807) is 36.6 Å². The molecule has 0 aliphatic carbocycles. The number of rotatable bonds is 18. The number of benzene rings is 1. The molecule has 0 aliphatic heterocycles. The van der Waals surface area contributed by atoms with E-state index in [9.17, 15) is 33.9 Å². The Morgan fingerprint density at radius 3 is 1.95 bits per heavy atom. The molecular formula is C24H35N5O8S. The lowest BCUT2D eigenvalue weighted by Gasteiger charge is -2.25. The number of amides is 4. The topological polar surface area (TPSA) is 231 Å². The number of nitrogens with two attached hydrogens (primary N) is 2. The van der Waals surface area contributed by atoms with Crippen LogP contribution in [0.1, 0.15) is 37.7 Å². The number of primary amides is 1. The van der Waals surface area contributed by atoms with E-state index in [4.69, 9.17) is 16.6 Å². The van der Waals surface area contributed by atoms with Gasteiger partial charge in [0.1, 0.15) is 18.1 Å². The molecule has 4 amide bonds. The van der Waals surface area contributed by atoms with Crippen molar-refractivity contribution in [1.29, 1.82) is 0 Å². The zero-order valence-electron chi connectivity index (χ0n) is 21.1. The summed E-state index contributed by atoms with van der Waals surface area (Å²) in [6, 6.07) is 3.75. The number of carbonyl (C=O) groups is 6. The van der Waals surface area contributed by atoms with Gasteiger partial charge < -0.3 is 37.6 Å². The van der Waals surface area contributed by atoms with E-state index in [1.165, 1.54) is 11.8 Å². The minimum atomic E-state index is -1.32. The molecule has 9 N–H and O–H groups in total. The predicted molar refractivity (Wildman–Crippen MR) is 140 cm³/mol. The van der Waals surface area contributed by atoms with E-state index in [0.29, 0.717) is 11.3 Å². The molecule has 1 aromatic carbocycles. The number of aliphatic carboxylic acids is 2. The average Bonchev–Trinajstić information content (AvgIpc) is 2.86. The molecule has 0 fully saturated rings. The fourth-order valence-electron chi connectivity index (χ4n) is 3.34. The fraction of sp³-hybridized carbons (Fsp3) is 0.500. The molecule has 0 bridgehead atoms. The standard InChI is InChI=1S/C24H35N5O8S/c1-38-12-11-17(24(36)37)28-23(35)18(13-14-5-3-2-4-6-14)29-22(34)16(8-9-19(26)30)27-21(33)15(25)7-10-20(31)32/h2-6,15-18H,7-13,25H2,1H3,(H2,26,30)(H,27,33)(H,28,35)(H,29,34)(H,31,32)(H,36,37). The summed E-state index contributed by atoms with van der Waals surface area (Å²) in [5.41, 5.74) is 11.6. The third-order valence-corrected chi connectivity index (χ3v) is 6.10. The zero-order chi connectivity index (χ0) is 28.7. The monoisotopic (exact) mass is 553 g/mol. The molecule has 0 saturated heterocycles. The quantitative estimate of drug-likeness (QED) is 0.117. The summed E-state index contributed by atoms with van der Waals surface area (Å²) in [6.45, 7) is 0. The van der Waals surface area contributed by atoms with E-state index in [2.05, 4.69) is 16.0 Å². The summed E-state index contributed by atoms with van der Waals surface area (Å²) in [6.07, 6.45) is 0.955. The van der Waals surface area contributed by atoms with Crippen LogP contribution < -0.4 is 27.4 Å². The second-order valence-corrected chi connectivity index (χ2v) is 9.52. The Morgan fingerprint density at radius 2 is 1.39 bits per heavy atom. The van der Waals surface area contributed by atoms with Gasteiger partial charge in [0.25, 0.3) is 0 Å². The number of hydrogen-bond donors (Lipinski definition) is 7. The predicted octanol–water partition coefficient (Wildman–Crippen LogP) is -1.02. The van der Waals surface area contributed by atoms with Gasteiger partial charge in [-0.1, -0.05) is 30.3 Å². The zero-order valence-corrected chi connectivity index (χ0v) is 21.9. The lowest BCUT2D eigenvalue weighted by molar-refractivity contribution is -0.142. The third-order valence-electron chi connectivity index (χ3n) is 5.46. The van der Waals surface area contributed by atoms with Crippen LogP contribution in [-0.2, 0) is 35.2 Å². The first-order valence-electron chi connectivity index (χ1n) is 11.9. The Labute approximate surface area is 224 Å². The molecule has 0 saturated carbocycles. The maximum Gasteiger partial charge on any atom is 0.326 e. The van der Waals surface area contributed by atoms with Gasteiger partial charge in [0.15, 0.2) is 0 Å². The van der Waals surface area contributed by atoms with Crippen molar-refractivity contribution in [3.63, 3.8) is 0 Å². The van der Waals surface area contributed by atoms with Gasteiger partial charge in [-0.05, 0) is 36.8 Å². The van der Waals surface area contributed by atoms with Gasteiger partial charge in [-0.25, -0.2) is 4.79 Å². The average molecular weight is 554 g/mol. The number of carboxylic acid groups (broad SMARTS) is 2. The van der Waals surface area contributed by atoms with Gasteiger partial charge >= 0.3 is 11.9 Å². The highest BCUT2D eigenvalue weighted by atomic mass is 32.2. The Bertz CT molecular complexity index is 978. The molecule has 38 heavy (non-hydrogen) atoms. The Kier molecular flexibility index (Phi) is 14.5. The minimum absolute atomic E-state index is 0.0158. The number of hydrogen-bond acceptors (Lipinski definition) is 8. The summed E-state index contributed by atoms with van der Waals surface area (Å²) >= 11 is 1.42. The number of nitrogens with one attached hydrogen (secondary N) is 3. The largest absolute Gasteiger partial charge is 0.481 e. The summed E-state index contributed by atoms with van der Waals surface area (Å²) in [5, 5.41) is 25.7. The summed E-state index contributed by atoms with van der Waals surface area (Å²) in [5.74, 6) is -5.00. The molecule has 210 valence electrons. The van der Waals surface area contributed by atoms with Crippen LogP contribution in [0.15, 0.2) is 30.3 Å². The molecule has 0 radical (unpaired) electrons. The van der Waals surface area contributed by atoms with Crippen LogP contribution in [0.2, 0.25) is 0 Å². The molecule has 0 aliphatic rings. The van der Waals surface area contributed by atoms with Gasteiger partial charge in [0.05, 0.1) is 6.04 Å². The Balaban J connectivity index is 3.11. The normalized spacial score (nSPS) is 13.8. The smallest absolute Gasteiger partial charge is 0.326 e. The summed E-state index contributed by atoms with van der Waals surface area (Å²) < 4.78 is 0. The maximum absolute atomic E-state index is 13.2. The van der Waals surface area contributed by atoms with Crippen LogP contribution in [0.3, 0.4) is 0 Å². The highest BCUT2D eigenvalue weighted by Crippen LogP contribution is 2.08. The summed E-state index contributed by atoms with van der Waals surface area (Å²) in [4.78, 5) is 72.5. The minimum Gasteiger partial charge on any atom is -0.481 e. The van der Waals surface area contributed by atoms with Crippen LogP contribution >= 0.6 is 11.8 Å². The third kappa shape index (κ3) is 12.5. The lowest BCUT2D eigenvalue weighted by Crippen LogP contribution is -2.57. The number of thioether (sulfide) groups is 1. The van der Waals surface area contributed by atoms with Crippen molar-refractivity contribution in [2.75, 3.05) is 12.0 Å². The molecule has 0 heterocycles. The van der Waals surface area contributed by atoms with E-state index in [1.807, 2.05) is 0 Å². The van der Waals surface area contributed by atoms with Crippen LogP contribution in [0.25, 0.3) is 0 Å². The molecule has 14 heteroatoms. The Morgan fingerprint density at radius 1 is 0.816 bits per heavy atom. The van der Waals surface area contributed by atoms with Crippen molar-refractivity contribution in [3.05, 3.63) is 35.9 Å². The van der Waals surface area contributed by atoms with Crippen molar-refractivity contribution in [1.82, 2.24) is 16.0 Å². The van der Waals surface area contributed by atoms with Crippen molar-refractivity contribution in [2.45, 2.75) is 62.7 Å².